The number of hydrazine groups is 1. The van der Waals surface area contributed by atoms with E-state index in [9.17, 15) is 9.90 Å². The van der Waals surface area contributed by atoms with Gasteiger partial charge in [0.25, 0.3) is 5.91 Å². The van der Waals surface area contributed by atoms with Crippen molar-refractivity contribution in [1.82, 2.24) is 5.43 Å². The molecule has 1 rings (SSSR count). The molecule has 102 valence electrons. The van der Waals surface area contributed by atoms with E-state index >= 15 is 0 Å². The number of hydrogen-bond donors (Lipinski definition) is 4. The number of aliphatic hydroxyl groups excluding tert-OH is 1. The molecule has 8 heteroatoms. The van der Waals surface area contributed by atoms with Gasteiger partial charge in [0.05, 0.1) is 20.3 Å². The fourth-order valence-electron chi connectivity index (χ4n) is 1.41. The first-order valence-electron chi connectivity index (χ1n) is 5.25. The number of anilines is 1. The molecule has 0 bridgehead atoms. The van der Waals surface area contributed by atoms with Crippen LogP contribution in [0.3, 0.4) is 0 Å². The Labute approximate surface area is 129 Å². The maximum Gasteiger partial charge on any atom is 0.259 e. The zero-order valence-electron chi connectivity index (χ0n) is 9.95. The monoisotopic (exact) mass is 394 g/mol. The summed E-state index contributed by atoms with van der Waals surface area (Å²) < 4.78 is 0.591. The number of nitrogens with one attached hydrogen (secondary N) is 2. The van der Waals surface area contributed by atoms with Gasteiger partial charge in [-0.05, 0) is 41.6 Å². The highest BCUT2D eigenvalue weighted by atomic mass is 127. The molecule has 1 aromatic carbocycles. The summed E-state index contributed by atoms with van der Waals surface area (Å²) in [7, 11) is 0. The second kappa shape index (κ2) is 6.91. The highest BCUT2D eigenvalue weighted by Gasteiger charge is 2.24. The summed E-state index contributed by atoms with van der Waals surface area (Å²) in [6, 6.07) is 4.20. The maximum absolute atomic E-state index is 11.5. The van der Waals surface area contributed by atoms with E-state index in [0.29, 0.717) is 19.8 Å². The summed E-state index contributed by atoms with van der Waals surface area (Å²) in [5, 5.41) is 21.6. The molecule has 1 amide bonds. The number of rotatable bonds is 4. The van der Waals surface area contributed by atoms with Gasteiger partial charge in [-0.3, -0.25) is 10.2 Å². The fourth-order valence-corrected chi connectivity index (χ4v) is 2.24. The second-order valence-electron chi connectivity index (χ2n) is 3.77. The molecule has 0 saturated heterocycles. The first-order valence-corrected chi connectivity index (χ1v) is 6.71. The van der Waals surface area contributed by atoms with Crippen LogP contribution in [0.2, 0.25) is 5.02 Å². The molecule has 0 aliphatic heterocycles. The quantitative estimate of drug-likeness (QED) is 0.263. The van der Waals surface area contributed by atoms with Gasteiger partial charge in [-0.1, -0.05) is 11.6 Å². The molecule has 5 N–H and O–H groups in total. The minimum absolute atomic E-state index is 0.297. The lowest BCUT2D eigenvalue weighted by atomic mass is 10.1. The number of nitrogens with two attached hydrogens (primary N) is 1. The Hall–Kier alpha value is -1.08. The van der Waals surface area contributed by atoms with Crippen molar-refractivity contribution in [2.45, 2.75) is 19.1 Å². The Kier molecular flexibility index (Phi) is 5.81. The zero-order chi connectivity index (χ0) is 14.6. The van der Waals surface area contributed by atoms with Gasteiger partial charge in [-0.2, -0.15) is 5.26 Å². The molecule has 0 spiro atoms. The number of nitrogens with zero attached hydrogens (tertiary/aromatic N) is 1. The molecule has 2 atom stereocenters. The Morgan fingerprint density at radius 1 is 1.63 bits per heavy atom. The van der Waals surface area contributed by atoms with Crippen LogP contribution in [-0.2, 0) is 4.79 Å². The predicted molar refractivity (Wildman–Crippen MR) is 80.3 cm³/mol. The van der Waals surface area contributed by atoms with Crippen LogP contribution in [0.25, 0.3) is 0 Å². The summed E-state index contributed by atoms with van der Waals surface area (Å²) in [6.45, 7) is 1.46. The standard InChI is InChI=1S/C11H12ClIN4O2/c1-5(18)10(11(19)17-15)16-7-3-2-6(4-14)8(12)9(7)13/h2-3,5,10,16,18H,15H2,1H3,(H,17,19)/t5-,10+/m0/s1. The minimum atomic E-state index is -0.950. The molecule has 19 heavy (non-hydrogen) atoms. The largest absolute Gasteiger partial charge is 0.391 e. The molecule has 1 aromatic rings. The van der Waals surface area contributed by atoms with Gasteiger partial charge in [0, 0.05) is 5.69 Å². The van der Waals surface area contributed by atoms with Crippen LogP contribution in [0.4, 0.5) is 5.69 Å². The van der Waals surface area contributed by atoms with Crippen molar-refractivity contribution < 1.29 is 9.90 Å². The average Bonchev–Trinajstić information content (AvgIpc) is 2.39. The van der Waals surface area contributed by atoms with Gasteiger partial charge in [0.2, 0.25) is 0 Å². The van der Waals surface area contributed by atoms with E-state index in [2.05, 4.69) is 5.32 Å². The number of benzene rings is 1. The number of amides is 1. The number of halogens is 2. The van der Waals surface area contributed by atoms with Crippen LogP contribution in [0.15, 0.2) is 12.1 Å². The second-order valence-corrected chi connectivity index (χ2v) is 5.23. The Morgan fingerprint density at radius 3 is 2.74 bits per heavy atom. The molecule has 0 radical (unpaired) electrons. The first-order chi connectivity index (χ1) is 8.92. The summed E-state index contributed by atoms with van der Waals surface area (Å²) in [4.78, 5) is 11.5. The molecule has 0 aliphatic rings. The SMILES string of the molecule is C[C@H](O)[C@@H](Nc1ccc(C#N)c(Cl)c1I)C(=O)NN. The highest BCUT2D eigenvalue weighted by Crippen LogP contribution is 2.30. The lowest BCUT2D eigenvalue weighted by Crippen LogP contribution is -2.48. The molecule has 0 saturated carbocycles. The highest BCUT2D eigenvalue weighted by molar-refractivity contribution is 14.1. The maximum atomic E-state index is 11.5. The summed E-state index contributed by atoms with van der Waals surface area (Å²) in [5.41, 5.74) is 2.86. The molecule has 0 unspecified atom stereocenters. The van der Waals surface area contributed by atoms with Crippen molar-refractivity contribution >= 4 is 45.8 Å². The lowest BCUT2D eigenvalue weighted by Gasteiger charge is -2.21. The molecule has 6 nitrogen and oxygen atoms in total. The van der Waals surface area contributed by atoms with Gasteiger partial charge in [-0.25, -0.2) is 5.84 Å². The molecule has 0 aliphatic carbocycles. The van der Waals surface area contributed by atoms with Crippen LogP contribution in [0.1, 0.15) is 12.5 Å². The van der Waals surface area contributed by atoms with Gasteiger partial charge in [-0.15, -0.1) is 0 Å². The van der Waals surface area contributed by atoms with Gasteiger partial charge >= 0.3 is 0 Å². The third kappa shape index (κ3) is 3.70. The van der Waals surface area contributed by atoms with Crippen molar-refractivity contribution in [3.63, 3.8) is 0 Å². The van der Waals surface area contributed by atoms with Crippen molar-refractivity contribution in [1.29, 1.82) is 5.26 Å². The lowest BCUT2D eigenvalue weighted by molar-refractivity contribution is -0.123. The minimum Gasteiger partial charge on any atom is -0.391 e. The molecular weight excluding hydrogens is 383 g/mol. The Morgan fingerprint density at radius 2 is 2.26 bits per heavy atom. The smallest absolute Gasteiger partial charge is 0.259 e. The third-order valence-corrected chi connectivity index (χ3v) is 4.25. The molecular formula is C11H12ClIN4O2. The Bertz CT molecular complexity index is 530. The Balaban J connectivity index is 3.08. The van der Waals surface area contributed by atoms with E-state index in [1.807, 2.05) is 34.1 Å². The van der Waals surface area contributed by atoms with Crippen LogP contribution in [-0.4, -0.2) is 23.2 Å². The predicted octanol–water partition coefficient (Wildman–Crippen LogP) is 0.967. The average molecular weight is 395 g/mol. The van der Waals surface area contributed by atoms with Crippen LogP contribution < -0.4 is 16.6 Å². The zero-order valence-corrected chi connectivity index (χ0v) is 12.9. The van der Waals surface area contributed by atoms with E-state index in [-0.39, 0.29) is 0 Å². The topological polar surface area (TPSA) is 111 Å². The number of carbonyl (C=O) groups is 1. The van der Waals surface area contributed by atoms with E-state index in [1.54, 1.807) is 6.07 Å². The normalized spacial score (nSPS) is 13.3. The fraction of sp³-hybridized carbons (Fsp3) is 0.273. The van der Waals surface area contributed by atoms with Crippen molar-refractivity contribution in [2.75, 3.05) is 5.32 Å². The molecule has 0 aromatic heterocycles. The summed E-state index contributed by atoms with van der Waals surface area (Å²) >= 11 is 7.97. The van der Waals surface area contributed by atoms with Crippen LogP contribution in [0.5, 0.6) is 0 Å². The van der Waals surface area contributed by atoms with E-state index in [0.717, 1.165) is 0 Å². The number of hydrogen-bond acceptors (Lipinski definition) is 5. The van der Waals surface area contributed by atoms with Gasteiger partial charge in [0.1, 0.15) is 12.1 Å². The summed E-state index contributed by atoms with van der Waals surface area (Å²) in [5.74, 6) is 4.51. The van der Waals surface area contributed by atoms with Gasteiger partial charge in [0.15, 0.2) is 0 Å². The number of carbonyl (C=O) groups excluding carboxylic acids is 1. The van der Waals surface area contributed by atoms with E-state index in [1.165, 1.54) is 13.0 Å². The van der Waals surface area contributed by atoms with Crippen LogP contribution in [0, 0.1) is 14.9 Å². The number of nitriles is 1. The molecule has 0 heterocycles. The van der Waals surface area contributed by atoms with Crippen molar-refractivity contribution in [2.24, 2.45) is 5.84 Å². The molecule has 0 fully saturated rings. The van der Waals surface area contributed by atoms with Crippen molar-refractivity contribution in [3.8, 4) is 6.07 Å². The number of aliphatic hydroxyl groups is 1. The van der Waals surface area contributed by atoms with Gasteiger partial charge < -0.3 is 10.4 Å². The van der Waals surface area contributed by atoms with E-state index < -0.39 is 18.1 Å². The van der Waals surface area contributed by atoms with E-state index in [4.69, 9.17) is 22.7 Å². The van der Waals surface area contributed by atoms with Crippen molar-refractivity contribution in [3.05, 3.63) is 26.3 Å². The summed E-state index contributed by atoms with van der Waals surface area (Å²) in [6.07, 6.45) is -0.950. The van der Waals surface area contributed by atoms with Crippen LogP contribution >= 0.6 is 34.2 Å². The third-order valence-electron chi connectivity index (χ3n) is 2.42. The first kappa shape index (κ1) is 16.0.